The van der Waals surface area contributed by atoms with Crippen molar-refractivity contribution < 1.29 is 19.8 Å². The first-order valence-electron chi connectivity index (χ1n) is 8.06. The van der Waals surface area contributed by atoms with Crippen LogP contribution in [0.2, 0.25) is 0 Å². The van der Waals surface area contributed by atoms with Crippen molar-refractivity contribution in [2.75, 3.05) is 13.2 Å². The maximum absolute atomic E-state index is 12.6. The number of aliphatic hydroxyl groups excluding tert-OH is 2. The summed E-state index contributed by atoms with van der Waals surface area (Å²) in [6.07, 6.45) is 0. The van der Waals surface area contributed by atoms with Gasteiger partial charge in [0.15, 0.2) is 0 Å². The summed E-state index contributed by atoms with van der Waals surface area (Å²) in [5, 5.41) is 20.0. The molecule has 3 rings (SSSR count). The molecule has 2 N–H and O–H groups in total. The van der Waals surface area contributed by atoms with Gasteiger partial charge in [-0.25, -0.2) is 0 Å². The van der Waals surface area contributed by atoms with E-state index in [1.807, 2.05) is 25.1 Å². The maximum Gasteiger partial charge on any atom is 0.295 e. The van der Waals surface area contributed by atoms with E-state index in [1.54, 1.807) is 36.4 Å². The van der Waals surface area contributed by atoms with Gasteiger partial charge in [-0.1, -0.05) is 60.2 Å². The lowest BCUT2D eigenvalue weighted by Gasteiger charge is -2.24. The number of hydrogen-bond acceptors (Lipinski definition) is 4. The molecule has 0 bridgehead atoms. The topological polar surface area (TPSA) is 77.8 Å². The minimum absolute atomic E-state index is 0.0226. The average molecular weight is 337 g/mol. The Balaban J connectivity index is 2.17. The zero-order valence-corrected chi connectivity index (χ0v) is 13.8. The zero-order chi connectivity index (χ0) is 18.0. The van der Waals surface area contributed by atoms with Gasteiger partial charge >= 0.3 is 0 Å². The fourth-order valence-electron chi connectivity index (χ4n) is 3.07. The second kappa shape index (κ2) is 6.91. The number of amides is 1. The fourth-order valence-corrected chi connectivity index (χ4v) is 3.07. The lowest BCUT2D eigenvalue weighted by molar-refractivity contribution is -0.140. The number of aliphatic hydroxyl groups is 2. The number of ketones is 1. The first-order valence-corrected chi connectivity index (χ1v) is 8.06. The number of likely N-dealkylation sites (tertiary alicyclic amines) is 1. The van der Waals surface area contributed by atoms with Crippen molar-refractivity contribution >= 4 is 17.4 Å². The van der Waals surface area contributed by atoms with E-state index < -0.39 is 17.7 Å². The van der Waals surface area contributed by atoms with Crippen LogP contribution in [-0.4, -0.2) is 40.0 Å². The number of carbonyl (C=O) groups excluding carboxylic acids is 2. The van der Waals surface area contributed by atoms with Crippen molar-refractivity contribution in [1.82, 2.24) is 4.90 Å². The predicted octanol–water partition coefficient (Wildman–Crippen LogP) is 2.41. The highest BCUT2D eigenvalue weighted by Crippen LogP contribution is 2.38. The maximum atomic E-state index is 12.6. The second-order valence-electron chi connectivity index (χ2n) is 5.99. The number of carbonyl (C=O) groups is 2. The Morgan fingerprint density at radius 2 is 1.68 bits per heavy atom. The second-order valence-corrected chi connectivity index (χ2v) is 5.99. The normalized spacial score (nSPS) is 19.4. The van der Waals surface area contributed by atoms with Crippen molar-refractivity contribution in [2.45, 2.75) is 13.0 Å². The number of Topliss-reactive ketones (excluding diaryl/α,β-unsaturated/α-hetero) is 1. The molecule has 5 heteroatoms. The molecule has 2 aromatic carbocycles. The Labute approximate surface area is 145 Å². The molecule has 1 heterocycles. The summed E-state index contributed by atoms with van der Waals surface area (Å²) in [6.45, 7) is 1.68. The Kier molecular flexibility index (Phi) is 4.67. The largest absolute Gasteiger partial charge is 0.507 e. The zero-order valence-electron chi connectivity index (χ0n) is 13.8. The van der Waals surface area contributed by atoms with Gasteiger partial charge in [-0.3, -0.25) is 9.59 Å². The van der Waals surface area contributed by atoms with E-state index in [0.29, 0.717) is 11.1 Å². The molecule has 0 saturated carbocycles. The van der Waals surface area contributed by atoms with Crippen molar-refractivity contribution in [3.8, 4) is 0 Å². The Morgan fingerprint density at radius 1 is 1.04 bits per heavy atom. The number of nitrogens with zero attached hydrogens (tertiary/aromatic N) is 1. The van der Waals surface area contributed by atoms with Crippen LogP contribution in [0.4, 0.5) is 0 Å². The lowest BCUT2D eigenvalue weighted by Crippen LogP contribution is -2.32. The molecule has 0 spiro atoms. The highest BCUT2D eigenvalue weighted by atomic mass is 16.3. The summed E-state index contributed by atoms with van der Waals surface area (Å²) >= 11 is 0. The summed E-state index contributed by atoms with van der Waals surface area (Å²) < 4.78 is 0. The third-order valence-electron chi connectivity index (χ3n) is 4.32. The molecule has 1 fully saturated rings. The fraction of sp³-hybridized carbons (Fsp3) is 0.200. The standard InChI is InChI=1S/C20H19NO4/c1-13-7-9-15(10-8-13)18(23)16-17(14-5-3-2-4-6-14)21(11-12-22)20(25)19(16)24/h2-10,17,22-23H,11-12H2,1H3/b18-16-. The monoisotopic (exact) mass is 337 g/mol. The molecule has 5 nitrogen and oxygen atoms in total. The molecule has 1 amide bonds. The van der Waals surface area contributed by atoms with Crippen molar-refractivity contribution in [2.24, 2.45) is 0 Å². The van der Waals surface area contributed by atoms with Crippen LogP contribution < -0.4 is 0 Å². The third kappa shape index (κ3) is 3.06. The van der Waals surface area contributed by atoms with E-state index in [0.717, 1.165) is 5.56 Å². The Hall–Kier alpha value is -2.92. The van der Waals surface area contributed by atoms with Gasteiger partial charge in [-0.05, 0) is 12.5 Å². The molecule has 0 aromatic heterocycles. The molecule has 0 radical (unpaired) electrons. The molecule has 1 saturated heterocycles. The summed E-state index contributed by atoms with van der Waals surface area (Å²) in [4.78, 5) is 26.3. The van der Waals surface area contributed by atoms with Crippen molar-refractivity contribution in [1.29, 1.82) is 0 Å². The van der Waals surface area contributed by atoms with E-state index in [9.17, 15) is 19.8 Å². The minimum Gasteiger partial charge on any atom is -0.507 e. The van der Waals surface area contributed by atoms with Crippen LogP contribution in [0.3, 0.4) is 0 Å². The summed E-state index contributed by atoms with van der Waals surface area (Å²) in [7, 11) is 0. The van der Waals surface area contributed by atoms with Gasteiger partial charge in [-0.15, -0.1) is 0 Å². The highest BCUT2D eigenvalue weighted by Gasteiger charge is 2.45. The number of rotatable bonds is 4. The van der Waals surface area contributed by atoms with Gasteiger partial charge in [0.2, 0.25) is 0 Å². The van der Waals surface area contributed by atoms with Crippen LogP contribution in [0.15, 0.2) is 60.2 Å². The summed E-state index contributed by atoms with van der Waals surface area (Å²) in [5.41, 5.74) is 2.27. The number of benzene rings is 2. The van der Waals surface area contributed by atoms with Crippen molar-refractivity contribution in [3.63, 3.8) is 0 Å². The van der Waals surface area contributed by atoms with Crippen LogP contribution in [0, 0.1) is 6.92 Å². The summed E-state index contributed by atoms with van der Waals surface area (Å²) in [6, 6.07) is 15.4. The van der Waals surface area contributed by atoms with Crippen LogP contribution >= 0.6 is 0 Å². The molecule has 2 aromatic rings. The molecule has 1 aliphatic rings. The van der Waals surface area contributed by atoms with E-state index in [2.05, 4.69) is 0 Å². The first kappa shape index (κ1) is 16.9. The third-order valence-corrected chi connectivity index (χ3v) is 4.32. The van der Waals surface area contributed by atoms with Gasteiger partial charge in [0, 0.05) is 12.1 Å². The molecular formula is C20H19NO4. The van der Waals surface area contributed by atoms with Crippen LogP contribution in [0.1, 0.15) is 22.7 Å². The van der Waals surface area contributed by atoms with Gasteiger partial charge in [0.05, 0.1) is 18.2 Å². The Bertz CT molecular complexity index is 825. The number of β-amino-alcohol motifs (C(OH)–C–C–N with tert-alkyl or cyclic N) is 1. The van der Waals surface area contributed by atoms with Crippen molar-refractivity contribution in [3.05, 3.63) is 76.9 Å². The molecule has 1 aliphatic heterocycles. The SMILES string of the molecule is Cc1ccc(/C(O)=C2/C(=O)C(=O)N(CCO)C2c2ccccc2)cc1. The van der Waals surface area contributed by atoms with E-state index in [-0.39, 0.29) is 24.5 Å². The quantitative estimate of drug-likeness (QED) is 0.510. The molecule has 0 aliphatic carbocycles. The number of aryl methyl sites for hydroxylation is 1. The average Bonchev–Trinajstić information content (AvgIpc) is 2.88. The number of hydrogen-bond donors (Lipinski definition) is 2. The molecule has 1 atom stereocenters. The molecular weight excluding hydrogens is 318 g/mol. The first-order chi connectivity index (χ1) is 12.0. The predicted molar refractivity (Wildman–Crippen MR) is 93.7 cm³/mol. The van der Waals surface area contributed by atoms with E-state index >= 15 is 0 Å². The van der Waals surface area contributed by atoms with Crippen LogP contribution in [0.5, 0.6) is 0 Å². The van der Waals surface area contributed by atoms with Gasteiger partial charge in [0.1, 0.15) is 5.76 Å². The van der Waals surface area contributed by atoms with E-state index in [1.165, 1.54) is 4.90 Å². The van der Waals surface area contributed by atoms with Gasteiger partial charge < -0.3 is 15.1 Å². The molecule has 1 unspecified atom stereocenters. The van der Waals surface area contributed by atoms with Crippen LogP contribution in [0.25, 0.3) is 5.76 Å². The summed E-state index contributed by atoms with van der Waals surface area (Å²) in [5.74, 6) is -1.65. The highest BCUT2D eigenvalue weighted by molar-refractivity contribution is 6.46. The Morgan fingerprint density at radius 3 is 2.28 bits per heavy atom. The van der Waals surface area contributed by atoms with Gasteiger partial charge in [0.25, 0.3) is 11.7 Å². The lowest BCUT2D eigenvalue weighted by atomic mass is 9.95. The minimum atomic E-state index is -0.736. The smallest absolute Gasteiger partial charge is 0.295 e. The molecule has 25 heavy (non-hydrogen) atoms. The van der Waals surface area contributed by atoms with E-state index in [4.69, 9.17) is 0 Å². The molecule has 128 valence electrons. The van der Waals surface area contributed by atoms with Gasteiger partial charge in [-0.2, -0.15) is 0 Å². The van der Waals surface area contributed by atoms with Crippen LogP contribution in [-0.2, 0) is 9.59 Å².